The van der Waals surface area contributed by atoms with Crippen molar-refractivity contribution in [2.45, 2.75) is 59.9 Å². The highest BCUT2D eigenvalue weighted by atomic mass is 31.2. The van der Waals surface area contributed by atoms with E-state index in [0.29, 0.717) is 29.9 Å². The zero-order valence-corrected chi connectivity index (χ0v) is 34.5. The summed E-state index contributed by atoms with van der Waals surface area (Å²) >= 11 is 0. The third-order valence-electron chi connectivity index (χ3n) is 7.68. The molecule has 0 aliphatic heterocycles. The Bertz CT molecular complexity index is 2300. The van der Waals surface area contributed by atoms with E-state index in [1.807, 2.05) is 13.8 Å². The Morgan fingerprint density at radius 1 is 0.867 bits per heavy atom. The maximum atomic E-state index is 12.8. The van der Waals surface area contributed by atoms with E-state index in [-0.39, 0.29) is 67.5 Å². The Hall–Kier alpha value is -6.53. The molecule has 3 aromatic carbocycles. The molecule has 0 fully saturated rings. The van der Waals surface area contributed by atoms with Crippen LogP contribution >= 0.6 is 7.82 Å². The average molecular weight is 849 g/mol. The van der Waals surface area contributed by atoms with Crippen LogP contribution in [0.1, 0.15) is 78.9 Å². The fourth-order valence-electron chi connectivity index (χ4n) is 4.96. The number of nitrogens with two attached hydrogens (primary N) is 2. The van der Waals surface area contributed by atoms with Gasteiger partial charge in [0.05, 0.1) is 43.8 Å². The van der Waals surface area contributed by atoms with Gasteiger partial charge >= 0.3 is 19.8 Å². The lowest BCUT2D eigenvalue weighted by molar-refractivity contribution is -0.137. The maximum Gasteiger partial charge on any atom is 0.474 e. The molecule has 0 spiro atoms. The van der Waals surface area contributed by atoms with Crippen LogP contribution in [-0.2, 0) is 40.7 Å². The quantitative estimate of drug-likeness (QED) is 0.0322. The van der Waals surface area contributed by atoms with Crippen molar-refractivity contribution in [1.29, 1.82) is 0 Å². The molecule has 60 heavy (non-hydrogen) atoms. The molecule has 0 saturated carbocycles. The van der Waals surface area contributed by atoms with Crippen LogP contribution in [0.4, 0.5) is 17.3 Å². The fourth-order valence-corrected chi connectivity index (χ4v) is 6.13. The number of para-hydroxylation sites is 1. The number of benzene rings is 3. The summed E-state index contributed by atoms with van der Waals surface area (Å²) in [7, 11) is -3.56. The zero-order chi connectivity index (χ0) is 44.1. The number of aliphatic carboxylic acids is 1. The number of anilines is 3. The highest BCUT2D eigenvalue weighted by Crippen LogP contribution is 2.49. The Kier molecular flexibility index (Phi) is 19.5. The summed E-state index contributed by atoms with van der Waals surface area (Å²) in [5.41, 5.74) is 13.9. The van der Waals surface area contributed by atoms with Gasteiger partial charge in [-0.1, -0.05) is 38.1 Å². The summed E-state index contributed by atoms with van der Waals surface area (Å²) in [5, 5.41) is 14.5. The van der Waals surface area contributed by atoms with Gasteiger partial charge in [-0.3, -0.25) is 42.5 Å². The van der Waals surface area contributed by atoms with Crippen molar-refractivity contribution in [1.82, 2.24) is 19.9 Å². The molecule has 2 aromatic heterocycles. The number of aromatic amines is 1. The minimum atomic E-state index is -3.56. The molecule has 5 aromatic rings. The van der Waals surface area contributed by atoms with Crippen LogP contribution in [0.2, 0.25) is 0 Å². The van der Waals surface area contributed by atoms with Crippen molar-refractivity contribution in [2.75, 3.05) is 36.2 Å². The predicted octanol–water partition coefficient (Wildman–Crippen LogP) is 5.87. The van der Waals surface area contributed by atoms with Crippen molar-refractivity contribution in [3.8, 4) is 5.75 Å². The third-order valence-corrected chi connectivity index (χ3v) is 9.33. The Balaban J connectivity index is 0.000000331. The van der Waals surface area contributed by atoms with E-state index < -0.39 is 37.1 Å². The summed E-state index contributed by atoms with van der Waals surface area (Å²) in [4.78, 5) is 72.7. The number of primary amides is 1. The van der Waals surface area contributed by atoms with Gasteiger partial charge in [0.2, 0.25) is 11.9 Å². The average Bonchev–Trinajstić information content (AvgIpc) is 3.22. The molecule has 0 aliphatic rings. The number of nitrogens with zero attached hydrogens (tertiary/aromatic N) is 3. The van der Waals surface area contributed by atoms with Crippen LogP contribution in [0.3, 0.4) is 0 Å². The lowest BCUT2D eigenvalue weighted by atomic mass is 10.1. The van der Waals surface area contributed by atoms with Gasteiger partial charge in [0.25, 0.3) is 11.5 Å². The first-order valence-electron chi connectivity index (χ1n) is 18.9. The number of carboxylic acids is 1. The predicted molar refractivity (Wildman–Crippen MR) is 224 cm³/mol. The number of phosphoric ester groups is 1. The number of H-pyrrole nitrogens is 1. The maximum absolute atomic E-state index is 12.8. The monoisotopic (exact) mass is 848 g/mol. The number of amides is 2. The van der Waals surface area contributed by atoms with Crippen molar-refractivity contribution in [3.05, 3.63) is 112 Å². The summed E-state index contributed by atoms with van der Waals surface area (Å²) in [5.74, 6) is -2.47. The molecular formula is C40H49N8O11P. The van der Waals surface area contributed by atoms with Gasteiger partial charge in [0.15, 0.2) is 11.2 Å². The second-order valence-electron chi connectivity index (χ2n) is 12.0. The number of carboxylic acid groups (broad SMARTS) is 1. The van der Waals surface area contributed by atoms with Crippen molar-refractivity contribution in [3.63, 3.8) is 0 Å². The molecule has 19 nitrogen and oxygen atoms in total. The summed E-state index contributed by atoms with van der Waals surface area (Å²) in [6.45, 7) is 8.30. The first-order chi connectivity index (χ1) is 28.8. The standard InChI is InChI=1S/C24H30NO9P.C14H13N7O2.C2H6/c1-3-31-35(30,32-4-2)33-17-16-18-12-14-19(15-13-18)25-24(29)20-8-5-6-9-21(20)34-23(28)11-7-10-22(26)27;15-11(22)7-1-3-8(4-2-7)17-5-9-6-18-12-10(19-9)13(23)21-14(16)20-12;1-2/h5-6,8-9,12-15H,3-4,7,10-11,16-17H2,1-2H3,(H,25,29)(H,26,27);1-4,6,17H,5H2,(H2,15,22)(H3,16,18,20,21,23);1-2H3. The van der Waals surface area contributed by atoms with Crippen molar-refractivity contribution < 1.29 is 47.2 Å². The highest BCUT2D eigenvalue weighted by Gasteiger charge is 2.25. The van der Waals surface area contributed by atoms with Crippen molar-refractivity contribution >= 4 is 60.1 Å². The first kappa shape index (κ1) is 47.8. The van der Waals surface area contributed by atoms with Crippen LogP contribution < -0.4 is 32.4 Å². The number of phosphoric acid groups is 1. The minimum absolute atomic E-state index is 0.00258. The molecular weight excluding hydrogens is 799 g/mol. The number of esters is 1. The number of carbonyl (C=O) groups excluding carboxylic acids is 3. The van der Waals surface area contributed by atoms with Gasteiger partial charge in [0, 0.05) is 29.8 Å². The molecule has 2 amide bonds. The van der Waals surface area contributed by atoms with E-state index in [9.17, 15) is 28.5 Å². The largest absolute Gasteiger partial charge is 0.481 e. The number of hydrogen-bond acceptors (Lipinski definition) is 15. The molecule has 8 N–H and O–H groups in total. The Labute approximate surface area is 345 Å². The third kappa shape index (κ3) is 15.7. The van der Waals surface area contributed by atoms with E-state index in [4.69, 9.17) is 34.9 Å². The lowest BCUT2D eigenvalue weighted by Gasteiger charge is -2.16. The van der Waals surface area contributed by atoms with Crippen LogP contribution in [0.15, 0.2) is 83.8 Å². The topological polar surface area (TPSA) is 290 Å². The lowest BCUT2D eigenvalue weighted by Crippen LogP contribution is -2.16. The van der Waals surface area contributed by atoms with Gasteiger partial charge in [-0.05, 0) is 80.8 Å². The number of nitrogen functional groups attached to an aromatic ring is 1. The second kappa shape index (κ2) is 24.4. The van der Waals surface area contributed by atoms with Gasteiger partial charge in [0.1, 0.15) is 5.75 Å². The van der Waals surface area contributed by atoms with Crippen LogP contribution in [0.5, 0.6) is 5.75 Å². The van der Waals surface area contributed by atoms with Gasteiger partial charge in [-0.25, -0.2) is 14.5 Å². The smallest absolute Gasteiger partial charge is 0.474 e. The minimum Gasteiger partial charge on any atom is -0.481 e. The van der Waals surface area contributed by atoms with E-state index >= 15 is 0 Å². The number of aromatic nitrogens is 4. The van der Waals surface area contributed by atoms with Crippen LogP contribution in [-0.4, -0.2) is 68.6 Å². The van der Waals surface area contributed by atoms with E-state index in [1.165, 1.54) is 18.3 Å². The molecule has 320 valence electrons. The molecule has 0 aliphatic carbocycles. The fraction of sp³-hybridized carbons (Fsp3) is 0.300. The van der Waals surface area contributed by atoms with E-state index in [1.54, 1.807) is 74.5 Å². The Morgan fingerprint density at radius 3 is 2.15 bits per heavy atom. The molecule has 0 bridgehead atoms. The molecule has 5 rings (SSSR count). The summed E-state index contributed by atoms with van der Waals surface area (Å²) < 4.78 is 33.1. The zero-order valence-electron chi connectivity index (χ0n) is 33.6. The number of rotatable bonds is 19. The molecule has 0 saturated heterocycles. The highest BCUT2D eigenvalue weighted by molar-refractivity contribution is 7.48. The van der Waals surface area contributed by atoms with Gasteiger partial charge < -0.3 is 31.9 Å². The van der Waals surface area contributed by atoms with Gasteiger partial charge in [-0.2, -0.15) is 4.98 Å². The number of fused-ring (bicyclic) bond motifs is 1. The number of nitrogens with one attached hydrogen (secondary N) is 3. The number of ether oxygens (including phenoxy) is 1. The number of carbonyl (C=O) groups is 4. The Morgan fingerprint density at radius 2 is 1.52 bits per heavy atom. The SMILES string of the molecule is CC.CCOP(=O)(OCC)OCCc1ccc(NC(=O)c2ccccc2OC(=O)CCCC(=O)O)cc1.NC(=O)c1ccc(NCc2cnc3nc(N)[nH]c(=O)c3n2)cc1. The molecule has 20 heteroatoms. The van der Waals surface area contributed by atoms with E-state index in [2.05, 4.69) is 30.6 Å². The van der Waals surface area contributed by atoms with Crippen LogP contribution in [0.25, 0.3) is 11.2 Å². The second-order valence-corrected chi connectivity index (χ2v) is 13.7. The summed E-state index contributed by atoms with van der Waals surface area (Å²) in [6.07, 6.45) is 1.91. The number of hydrogen-bond donors (Lipinski definition) is 6. The molecule has 0 radical (unpaired) electrons. The molecule has 2 heterocycles. The molecule has 0 atom stereocenters. The van der Waals surface area contributed by atoms with E-state index in [0.717, 1.165) is 11.3 Å². The van der Waals surface area contributed by atoms with Gasteiger partial charge in [-0.15, -0.1) is 0 Å². The first-order valence-corrected chi connectivity index (χ1v) is 20.4. The van der Waals surface area contributed by atoms with Crippen LogP contribution in [0, 0.1) is 0 Å². The summed E-state index contributed by atoms with van der Waals surface area (Å²) in [6, 6.07) is 20.0. The van der Waals surface area contributed by atoms with Crippen molar-refractivity contribution in [2.24, 2.45) is 5.73 Å². The normalized spacial score (nSPS) is 10.7. The molecule has 0 unspecified atom stereocenters.